The van der Waals surface area contributed by atoms with Gasteiger partial charge in [0.1, 0.15) is 11.6 Å². The summed E-state index contributed by atoms with van der Waals surface area (Å²) in [5.41, 5.74) is 4.60. The van der Waals surface area contributed by atoms with Gasteiger partial charge in [-0.25, -0.2) is 4.39 Å². The van der Waals surface area contributed by atoms with Crippen molar-refractivity contribution in [1.82, 2.24) is 4.57 Å². The first-order valence-electron chi connectivity index (χ1n) is 9.26. The summed E-state index contributed by atoms with van der Waals surface area (Å²) < 4.78 is 21.0. The first kappa shape index (κ1) is 20.4. The van der Waals surface area contributed by atoms with Gasteiger partial charge in [-0.1, -0.05) is 24.0 Å². The Morgan fingerprint density at radius 2 is 1.67 bits per heavy atom. The van der Waals surface area contributed by atoms with Crippen LogP contribution in [0.3, 0.4) is 0 Å². The van der Waals surface area contributed by atoms with Gasteiger partial charge in [0.2, 0.25) is 0 Å². The third kappa shape index (κ3) is 3.66. The zero-order valence-electron chi connectivity index (χ0n) is 16.7. The maximum Gasteiger partial charge on any atom is 0.270 e. The predicted octanol–water partition coefficient (Wildman–Crippen LogP) is 5.65. The molecule has 7 heteroatoms. The van der Waals surface area contributed by atoms with Gasteiger partial charge in [-0.15, -0.1) is 0 Å². The quantitative estimate of drug-likeness (QED) is 0.390. The van der Waals surface area contributed by atoms with Gasteiger partial charge in [0, 0.05) is 17.1 Å². The standard InChI is InChI=1S/C23H19FN2O2S2/c1-14-12-16(15(2)25(14)18-8-10-20(28-3)11-9-18)13-21-22(27)26(23(29)30-21)19-6-4-17(24)5-7-19/h4-13H,1-3H3. The lowest BCUT2D eigenvalue weighted by Crippen LogP contribution is -2.27. The maximum absolute atomic E-state index is 13.2. The average molecular weight is 439 g/mol. The number of thiocarbonyl (C=S) groups is 1. The van der Waals surface area contributed by atoms with Crippen molar-refractivity contribution in [2.24, 2.45) is 0 Å². The highest BCUT2D eigenvalue weighted by molar-refractivity contribution is 8.27. The van der Waals surface area contributed by atoms with Gasteiger partial charge in [-0.05, 0) is 80.1 Å². The summed E-state index contributed by atoms with van der Waals surface area (Å²) in [6.45, 7) is 4.04. The Hall–Kier alpha value is -2.90. The van der Waals surface area contributed by atoms with Crippen LogP contribution in [-0.2, 0) is 4.79 Å². The molecular weight excluding hydrogens is 419 g/mol. The molecule has 1 saturated heterocycles. The molecule has 0 aliphatic carbocycles. The molecule has 4 rings (SSSR count). The van der Waals surface area contributed by atoms with E-state index < -0.39 is 0 Å². The molecule has 0 atom stereocenters. The smallest absolute Gasteiger partial charge is 0.270 e. The van der Waals surface area contributed by atoms with Crippen LogP contribution in [-0.4, -0.2) is 21.9 Å². The fourth-order valence-corrected chi connectivity index (χ4v) is 4.77. The number of aryl methyl sites for hydroxylation is 1. The largest absolute Gasteiger partial charge is 0.497 e. The minimum Gasteiger partial charge on any atom is -0.497 e. The first-order valence-corrected chi connectivity index (χ1v) is 10.5. The molecule has 152 valence electrons. The Labute approximate surface area is 184 Å². The van der Waals surface area contributed by atoms with E-state index in [0.29, 0.717) is 14.9 Å². The van der Waals surface area contributed by atoms with Crippen LogP contribution in [0.25, 0.3) is 11.8 Å². The van der Waals surface area contributed by atoms with E-state index in [1.807, 2.05) is 50.3 Å². The maximum atomic E-state index is 13.2. The Kier molecular flexibility index (Phi) is 5.49. The lowest BCUT2D eigenvalue weighted by atomic mass is 10.2. The molecule has 1 fully saturated rings. The van der Waals surface area contributed by atoms with E-state index in [1.165, 1.54) is 28.8 Å². The van der Waals surface area contributed by atoms with Gasteiger partial charge < -0.3 is 9.30 Å². The second kappa shape index (κ2) is 8.08. The Morgan fingerprint density at radius 3 is 2.30 bits per heavy atom. The summed E-state index contributed by atoms with van der Waals surface area (Å²) in [5, 5.41) is 0. The number of anilines is 1. The number of halogens is 1. The topological polar surface area (TPSA) is 34.5 Å². The molecule has 0 unspecified atom stereocenters. The molecule has 1 aliphatic rings. The van der Waals surface area contributed by atoms with Gasteiger partial charge in [0.05, 0.1) is 17.7 Å². The lowest BCUT2D eigenvalue weighted by molar-refractivity contribution is -0.113. The van der Waals surface area contributed by atoms with E-state index in [2.05, 4.69) is 4.57 Å². The highest BCUT2D eigenvalue weighted by Gasteiger charge is 2.33. The van der Waals surface area contributed by atoms with Crippen LogP contribution in [0.4, 0.5) is 10.1 Å². The van der Waals surface area contributed by atoms with Crippen LogP contribution in [0, 0.1) is 19.7 Å². The van der Waals surface area contributed by atoms with Gasteiger partial charge in [-0.3, -0.25) is 9.69 Å². The molecule has 0 radical (unpaired) electrons. The lowest BCUT2D eigenvalue weighted by Gasteiger charge is -2.14. The van der Waals surface area contributed by atoms with E-state index in [-0.39, 0.29) is 11.7 Å². The normalized spacial score (nSPS) is 15.3. The molecule has 0 N–H and O–H groups in total. The van der Waals surface area contributed by atoms with Crippen molar-refractivity contribution < 1.29 is 13.9 Å². The second-order valence-corrected chi connectivity index (χ2v) is 8.53. The van der Waals surface area contributed by atoms with E-state index in [1.54, 1.807) is 19.2 Å². The number of hydrogen-bond acceptors (Lipinski definition) is 4. The van der Waals surface area contributed by atoms with Crippen LogP contribution in [0.1, 0.15) is 17.0 Å². The van der Waals surface area contributed by atoms with Crippen molar-refractivity contribution in [1.29, 1.82) is 0 Å². The van der Waals surface area contributed by atoms with Crippen LogP contribution in [0.5, 0.6) is 5.75 Å². The first-order chi connectivity index (χ1) is 14.4. The molecule has 0 spiro atoms. The second-order valence-electron chi connectivity index (χ2n) is 6.85. The van der Waals surface area contributed by atoms with Crippen molar-refractivity contribution in [2.75, 3.05) is 12.0 Å². The van der Waals surface area contributed by atoms with Crippen LogP contribution in [0.15, 0.2) is 59.5 Å². The number of amides is 1. The van der Waals surface area contributed by atoms with Crippen LogP contribution < -0.4 is 9.64 Å². The number of carbonyl (C=O) groups is 1. The summed E-state index contributed by atoms with van der Waals surface area (Å²) in [6, 6.07) is 15.6. The Morgan fingerprint density at radius 1 is 1.03 bits per heavy atom. The third-order valence-corrected chi connectivity index (χ3v) is 6.27. The number of rotatable bonds is 4. The fourth-order valence-electron chi connectivity index (χ4n) is 3.48. The zero-order chi connectivity index (χ0) is 21.4. The molecule has 3 aromatic rings. The summed E-state index contributed by atoms with van der Waals surface area (Å²) in [6.07, 6.45) is 1.87. The van der Waals surface area contributed by atoms with Crippen molar-refractivity contribution in [2.45, 2.75) is 13.8 Å². The third-order valence-electron chi connectivity index (χ3n) is 4.97. The monoisotopic (exact) mass is 438 g/mol. The SMILES string of the molecule is COc1ccc(-n2c(C)cc(C=C3SC(=S)N(c4ccc(F)cc4)C3=O)c2C)cc1. The number of aromatic nitrogens is 1. The van der Waals surface area contributed by atoms with Crippen molar-refractivity contribution in [3.8, 4) is 11.4 Å². The van der Waals surface area contributed by atoms with Gasteiger partial charge >= 0.3 is 0 Å². The van der Waals surface area contributed by atoms with E-state index in [9.17, 15) is 9.18 Å². The summed E-state index contributed by atoms with van der Waals surface area (Å²) in [5.74, 6) is 0.238. The molecule has 0 saturated carbocycles. The number of benzene rings is 2. The molecule has 2 aromatic carbocycles. The van der Waals surface area contributed by atoms with Gasteiger partial charge in [0.25, 0.3) is 5.91 Å². The minimum atomic E-state index is -0.356. The number of methoxy groups -OCH3 is 1. The van der Waals surface area contributed by atoms with Crippen molar-refractivity contribution >= 4 is 46.0 Å². The Bertz CT molecular complexity index is 1170. The average Bonchev–Trinajstić information content (AvgIpc) is 3.17. The molecule has 1 aromatic heterocycles. The van der Waals surface area contributed by atoms with Crippen LogP contribution >= 0.6 is 24.0 Å². The van der Waals surface area contributed by atoms with Gasteiger partial charge in [-0.2, -0.15) is 0 Å². The van der Waals surface area contributed by atoms with Gasteiger partial charge in [0.15, 0.2) is 4.32 Å². The predicted molar refractivity (Wildman–Crippen MR) is 124 cm³/mol. The fraction of sp³-hybridized carbons (Fsp3) is 0.130. The summed E-state index contributed by atoms with van der Waals surface area (Å²) >= 11 is 6.66. The molecule has 30 heavy (non-hydrogen) atoms. The molecule has 4 nitrogen and oxygen atoms in total. The van der Waals surface area contributed by atoms with E-state index in [4.69, 9.17) is 17.0 Å². The number of carbonyl (C=O) groups excluding carboxylic acids is 1. The summed E-state index contributed by atoms with van der Waals surface area (Å²) in [7, 11) is 1.64. The molecule has 1 aliphatic heterocycles. The highest BCUT2D eigenvalue weighted by Crippen LogP contribution is 2.37. The number of nitrogens with zero attached hydrogens (tertiary/aromatic N) is 2. The molecule has 2 heterocycles. The number of hydrogen-bond donors (Lipinski definition) is 0. The molecule has 1 amide bonds. The molecular formula is C23H19FN2O2S2. The van der Waals surface area contributed by atoms with Crippen LogP contribution in [0.2, 0.25) is 0 Å². The highest BCUT2D eigenvalue weighted by atomic mass is 32.2. The number of thioether (sulfide) groups is 1. The summed E-state index contributed by atoms with van der Waals surface area (Å²) in [4.78, 5) is 15.0. The van der Waals surface area contributed by atoms with E-state index >= 15 is 0 Å². The van der Waals surface area contributed by atoms with Crippen molar-refractivity contribution in [3.05, 3.63) is 82.3 Å². The number of ether oxygens (including phenoxy) is 1. The molecule has 0 bridgehead atoms. The minimum absolute atomic E-state index is 0.203. The zero-order valence-corrected chi connectivity index (χ0v) is 18.3. The Balaban J connectivity index is 1.67. The van der Waals surface area contributed by atoms with Crippen molar-refractivity contribution in [3.63, 3.8) is 0 Å². The van der Waals surface area contributed by atoms with E-state index in [0.717, 1.165) is 28.4 Å².